The minimum absolute atomic E-state index is 0.0189. The molecule has 0 heterocycles. The van der Waals surface area contributed by atoms with Gasteiger partial charge in [0.15, 0.2) is 0 Å². The van der Waals surface area contributed by atoms with Crippen molar-refractivity contribution >= 4 is 27.5 Å². The summed E-state index contributed by atoms with van der Waals surface area (Å²) < 4.78 is 0.993. The van der Waals surface area contributed by atoms with Crippen LogP contribution >= 0.6 is 15.9 Å². The Labute approximate surface area is 127 Å². The molecule has 20 heavy (non-hydrogen) atoms. The first-order chi connectivity index (χ1) is 9.59. The molecule has 0 atom stereocenters. The molecule has 2 rings (SSSR count). The van der Waals surface area contributed by atoms with E-state index in [1.54, 1.807) is 11.8 Å². The van der Waals surface area contributed by atoms with E-state index >= 15 is 0 Å². The number of carbonyl (C=O) groups is 1. The standard InChI is InChI=1S/C17H16BrNO/c1-13(15-8-4-3-5-9-15)19(14(2)20)12-16-10-6-7-11-17(16)18/h3-11H,1,12H2,2H3. The Balaban J connectivity index is 2.27. The summed E-state index contributed by atoms with van der Waals surface area (Å²) >= 11 is 3.51. The summed E-state index contributed by atoms with van der Waals surface area (Å²) in [6.07, 6.45) is 0. The zero-order valence-electron chi connectivity index (χ0n) is 11.3. The Hall–Kier alpha value is -1.87. The SMILES string of the molecule is C=C(c1ccccc1)N(Cc1ccccc1Br)C(C)=O. The maximum absolute atomic E-state index is 11.9. The molecular formula is C17H16BrNO. The van der Waals surface area contributed by atoms with Gasteiger partial charge in [0.25, 0.3) is 0 Å². The van der Waals surface area contributed by atoms with Gasteiger partial charge in [0.2, 0.25) is 5.91 Å². The molecule has 0 aliphatic heterocycles. The van der Waals surface area contributed by atoms with Crippen LogP contribution in [0.25, 0.3) is 5.70 Å². The zero-order valence-corrected chi connectivity index (χ0v) is 12.9. The van der Waals surface area contributed by atoms with Gasteiger partial charge in [-0.25, -0.2) is 0 Å². The van der Waals surface area contributed by atoms with Crippen LogP contribution in [0.5, 0.6) is 0 Å². The second-order valence-corrected chi connectivity index (χ2v) is 5.36. The highest BCUT2D eigenvalue weighted by atomic mass is 79.9. The van der Waals surface area contributed by atoms with E-state index in [9.17, 15) is 4.79 Å². The Morgan fingerprint density at radius 3 is 2.30 bits per heavy atom. The van der Waals surface area contributed by atoms with Crippen molar-refractivity contribution in [2.45, 2.75) is 13.5 Å². The van der Waals surface area contributed by atoms with E-state index in [2.05, 4.69) is 22.5 Å². The van der Waals surface area contributed by atoms with Crippen molar-refractivity contribution in [2.24, 2.45) is 0 Å². The first-order valence-corrected chi connectivity index (χ1v) is 7.14. The van der Waals surface area contributed by atoms with Crippen molar-refractivity contribution in [3.63, 3.8) is 0 Å². The van der Waals surface area contributed by atoms with Gasteiger partial charge >= 0.3 is 0 Å². The van der Waals surface area contributed by atoms with E-state index in [1.807, 2.05) is 54.6 Å². The van der Waals surface area contributed by atoms with Crippen molar-refractivity contribution in [1.82, 2.24) is 4.90 Å². The summed E-state index contributed by atoms with van der Waals surface area (Å²) in [4.78, 5) is 13.6. The van der Waals surface area contributed by atoms with Crippen LogP contribution in [0, 0.1) is 0 Å². The van der Waals surface area contributed by atoms with Gasteiger partial charge in [-0.15, -0.1) is 0 Å². The molecule has 0 N–H and O–H groups in total. The highest BCUT2D eigenvalue weighted by Crippen LogP contribution is 2.23. The van der Waals surface area contributed by atoms with Crippen LogP contribution in [0.4, 0.5) is 0 Å². The van der Waals surface area contributed by atoms with E-state index < -0.39 is 0 Å². The molecule has 2 aromatic rings. The first-order valence-electron chi connectivity index (χ1n) is 6.35. The van der Waals surface area contributed by atoms with Gasteiger partial charge in [0.1, 0.15) is 0 Å². The zero-order chi connectivity index (χ0) is 14.5. The van der Waals surface area contributed by atoms with Crippen LogP contribution in [-0.4, -0.2) is 10.8 Å². The predicted octanol–water partition coefficient (Wildman–Crippen LogP) is 4.47. The molecule has 102 valence electrons. The van der Waals surface area contributed by atoms with E-state index in [0.29, 0.717) is 12.2 Å². The molecule has 0 saturated heterocycles. The number of benzene rings is 2. The van der Waals surface area contributed by atoms with Gasteiger partial charge < -0.3 is 4.90 Å². The molecule has 2 nitrogen and oxygen atoms in total. The van der Waals surface area contributed by atoms with Crippen LogP contribution in [-0.2, 0) is 11.3 Å². The Bertz CT molecular complexity index is 622. The highest BCUT2D eigenvalue weighted by molar-refractivity contribution is 9.10. The summed E-state index contributed by atoms with van der Waals surface area (Å²) in [6, 6.07) is 17.6. The molecule has 0 unspecified atom stereocenters. The van der Waals surface area contributed by atoms with Crippen molar-refractivity contribution in [2.75, 3.05) is 0 Å². The van der Waals surface area contributed by atoms with Crippen LogP contribution < -0.4 is 0 Å². The summed E-state index contributed by atoms with van der Waals surface area (Å²) in [5, 5.41) is 0. The summed E-state index contributed by atoms with van der Waals surface area (Å²) in [7, 11) is 0. The molecule has 0 spiro atoms. The monoisotopic (exact) mass is 329 g/mol. The third-order valence-corrected chi connectivity index (χ3v) is 3.87. The lowest BCUT2D eigenvalue weighted by molar-refractivity contribution is -0.126. The van der Waals surface area contributed by atoms with Gasteiger partial charge in [0, 0.05) is 17.1 Å². The number of nitrogens with zero attached hydrogens (tertiary/aromatic N) is 1. The minimum Gasteiger partial charge on any atom is -0.308 e. The second-order valence-electron chi connectivity index (χ2n) is 4.51. The van der Waals surface area contributed by atoms with Crippen molar-refractivity contribution in [3.8, 4) is 0 Å². The molecule has 0 aliphatic carbocycles. The van der Waals surface area contributed by atoms with Crippen molar-refractivity contribution < 1.29 is 4.79 Å². The van der Waals surface area contributed by atoms with Crippen LogP contribution in [0.3, 0.4) is 0 Å². The van der Waals surface area contributed by atoms with Gasteiger partial charge in [-0.3, -0.25) is 4.79 Å². The molecule has 0 fully saturated rings. The van der Waals surface area contributed by atoms with Crippen LogP contribution in [0.2, 0.25) is 0 Å². The second kappa shape index (κ2) is 6.53. The molecular weight excluding hydrogens is 314 g/mol. The number of amides is 1. The maximum Gasteiger partial charge on any atom is 0.224 e. The molecule has 2 aromatic carbocycles. The van der Waals surface area contributed by atoms with Crippen LogP contribution in [0.1, 0.15) is 18.1 Å². The fraction of sp³-hybridized carbons (Fsp3) is 0.118. The number of hydrogen-bond donors (Lipinski definition) is 0. The third-order valence-electron chi connectivity index (χ3n) is 3.10. The fourth-order valence-electron chi connectivity index (χ4n) is 1.98. The van der Waals surface area contributed by atoms with E-state index in [0.717, 1.165) is 15.6 Å². The molecule has 1 amide bonds. The largest absolute Gasteiger partial charge is 0.308 e. The summed E-state index contributed by atoms with van der Waals surface area (Å²) in [5.41, 5.74) is 2.73. The normalized spacial score (nSPS) is 10.1. The minimum atomic E-state index is -0.0189. The summed E-state index contributed by atoms with van der Waals surface area (Å²) in [5.74, 6) is -0.0189. The Morgan fingerprint density at radius 1 is 1.10 bits per heavy atom. The first kappa shape index (κ1) is 14.5. The van der Waals surface area contributed by atoms with Gasteiger partial charge in [-0.2, -0.15) is 0 Å². The molecule has 0 saturated carbocycles. The average molecular weight is 330 g/mol. The number of halogens is 1. The molecule has 3 heteroatoms. The number of rotatable bonds is 4. The van der Waals surface area contributed by atoms with Gasteiger partial charge in [0.05, 0.1) is 6.54 Å². The lowest BCUT2D eigenvalue weighted by Gasteiger charge is -2.24. The van der Waals surface area contributed by atoms with E-state index in [1.165, 1.54) is 0 Å². The Morgan fingerprint density at radius 2 is 1.70 bits per heavy atom. The predicted molar refractivity (Wildman–Crippen MR) is 85.8 cm³/mol. The molecule has 0 aromatic heterocycles. The smallest absolute Gasteiger partial charge is 0.224 e. The Kier molecular flexibility index (Phi) is 4.74. The van der Waals surface area contributed by atoms with E-state index in [4.69, 9.17) is 0 Å². The highest BCUT2D eigenvalue weighted by Gasteiger charge is 2.15. The number of carbonyl (C=O) groups excluding carboxylic acids is 1. The summed E-state index contributed by atoms with van der Waals surface area (Å²) in [6.45, 7) is 6.13. The van der Waals surface area contributed by atoms with E-state index in [-0.39, 0.29) is 5.91 Å². The average Bonchev–Trinajstić information content (AvgIpc) is 2.46. The van der Waals surface area contributed by atoms with Crippen molar-refractivity contribution in [3.05, 3.63) is 76.8 Å². The maximum atomic E-state index is 11.9. The lowest BCUT2D eigenvalue weighted by Crippen LogP contribution is -2.26. The lowest BCUT2D eigenvalue weighted by atomic mass is 10.1. The third kappa shape index (κ3) is 3.36. The number of hydrogen-bond acceptors (Lipinski definition) is 1. The van der Waals surface area contributed by atoms with Crippen molar-refractivity contribution in [1.29, 1.82) is 0 Å². The van der Waals surface area contributed by atoms with Gasteiger partial charge in [-0.05, 0) is 17.2 Å². The quantitative estimate of drug-likeness (QED) is 0.810. The van der Waals surface area contributed by atoms with Gasteiger partial charge in [-0.1, -0.05) is 71.0 Å². The van der Waals surface area contributed by atoms with Crippen LogP contribution in [0.15, 0.2) is 65.6 Å². The molecule has 0 radical (unpaired) electrons. The fourth-order valence-corrected chi connectivity index (χ4v) is 2.39. The molecule has 0 aliphatic rings. The topological polar surface area (TPSA) is 20.3 Å². The molecule has 0 bridgehead atoms.